The van der Waals surface area contributed by atoms with Crippen LogP contribution in [0.25, 0.3) is 0 Å². The average Bonchev–Trinajstić information content (AvgIpc) is 2.81. The van der Waals surface area contributed by atoms with Crippen molar-refractivity contribution in [3.05, 3.63) is 90.0 Å². The first kappa shape index (κ1) is 23.2. The third-order valence-electron chi connectivity index (χ3n) is 5.07. The summed E-state index contributed by atoms with van der Waals surface area (Å²) >= 11 is 0. The number of rotatable bonds is 8. The quantitative estimate of drug-likeness (QED) is 0.554. The van der Waals surface area contributed by atoms with E-state index in [4.69, 9.17) is 0 Å². The molecule has 6 nitrogen and oxygen atoms in total. The topological polar surface area (TPSA) is 83.6 Å². The fourth-order valence-electron chi connectivity index (χ4n) is 3.28. The first-order valence-electron chi connectivity index (χ1n) is 10.4. The maximum atomic E-state index is 12.9. The highest BCUT2D eigenvalue weighted by Gasteiger charge is 2.16. The van der Waals surface area contributed by atoms with Crippen molar-refractivity contribution < 1.29 is 18.0 Å². The molecule has 3 rings (SSSR count). The predicted molar refractivity (Wildman–Crippen MR) is 127 cm³/mol. The van der Waals surface area contributed by atoms with Crippen LogP contribution in [0.2, 0.25) is 0 Å². The predicted octanol–water partition coefficient (Wildman–Crippen LogP) is 4.33. The summed E-state index contributed by atoms with van der Waals surface area (Å²) in [7, 11) is -3.26. The molecule has 0 aliphatic carbocycles. The van der Waals surface area contributed by atoms with Crippen LogP contribution in [0.4, 0.5) is 11.4 Å². The van der Waals surface area contributed by atoms with E-state index in [1.54, 1.807) is 48.2 Å². The molecule has 2 amide bonds. The number of carbonyl (C=O) groups is 2. The molecule has 0 aromatic heterocycles. The summed E-state index contributed by atoms with van der Waals surface area (Å²) in [4.78, 5) is 27.2. The smallest absolute Gasteiger partial charge is 0.258 e. The zero-order valence-corrected chi connectivity index (χ0v) is 18.9. The van der Waals surface area contributed by atoms with Gasteiger partial charge in [0.2, 0.25) is 5.91 Å². The lowest BCUT2D eigenvalue weighted by Gasteiger charge is -2.21. The molecule has 0 fully saturated rings. The molecule has 0 spiro atoms. The average molecular weight is 451 g/mol. The molecule has 0 radical (unpaired) electrons. The molecular formula is C25H26N2O4S. The number of nitrogens with zero attached hydrogens (tertiary/aromatic N) is 1. The monoisotopic (exact) mass is 450 g/mol. The molecule has 0 saturated carbocycles. The van der Waals surface area contributed by atoms with Gasteiger partial charge in [0.1, 0.15) is 0 Å². The normalized spacial score (nSPS) is 11.1. The van der Waals surface area contributed by atoms with Gasteiger partial charge in [-0.3, -0.25) is 9.59 Å². The van der Waals surface area contributed by atoms with E-state index in [2.05, 4.69) is 5.32 Å². The Morgan fingerprint density at radius 3 is 2.03 bits per heavy atom. The molecule has 0 bridgehead atoms. The molecule has 0 unspecified atom stereocenters. The number of carbonyl (C=O) groups excluding carboxylic acids is 2. The van der Waals surface area contributed by atoms with Crippen LogP contribution in [-0.4, -0.2) is 32.5 Å². The molecule has 0 aliphatic heterocycles. The van der Waals surface area contributed by atoms with Crippen LogP contribution in [0.5, 0.6) is 0 Å². The highest BCUT2D eigenvalue weighted by atomic mass is 32.2. The van der Waals surface area contributed by atoms with Gasteiger partial charge < -0.3 is 10.2 Å². The Balaban J connectivity index is 1.63. The molecule has 0 saturated heterocycles. The van der Waals surface area contributed by atoms with Gasteiger partial charge in [-0.05, 0) is 61.0 Å². The minimum absolute atomic E-state index is 0.0344. The van der Waals surface area contributed by atoms with E-state index in [9.17, 15) is 18.0 Å². The molecule has 166 valence electrons. The van der Waals surface area contributed by atoms with Crippen LogP contribution in [0.15, 0.2) is 83.8 Å². The Morgan fingerprint density at radius 2 is 1.47 bits per heavy atom. The van der Waals surface area contributed by atoms with Crippen LogP contribution in [0.3, 0.4) is 0 Å². The minimum Gasteiger partial charge on any atom is -0.326 e. The van der Waals surface area contributed by atoms with E-state index in [0.717, 1.165) is 5.69 Å². The van der Waals surface area contributed by atoms with E-state index in [0.29, 0.717) is 23.4 Å². The number of hydrogen-bond donors (Lipinski definition) is 1. The highest BCUT2D eigenvalue weighted by Crippen LogP contribution is 2.18. The first-order chi connectivity index (χ1) is 15.3. The number of sulfone groups is 1. The molecule has 3 aromatic carbocycles. The van der Waals surface area contributed by atoms with Gasteiger partial charge in [-0.2, -0.15) is 0 Å². The lowest BCUT2D eigenvalue weighted by atomic mass is 10.1. The van der Waals surface area contributed by atoms with Crippen LogP contribution in [-0.2, 0) is 21.1 Å². The summed E-state index contributed by atoms with van der Waals surface area (Å²) in [5.74, 6) is -0.305. The maximum Gasteiger partial charge on any atom is 0.258 e. The summed E-state index contributed by atoms with van der Waals surface area (Å²) in [6, 6.07) is 22.6. The number of benzene rings is 3. The molecule has 3 aromatic rings. The van der Waals surface area contributed by atoms with Crippen LogP contribution in [0.1, 0.15) is 29.8 Å². The second-order valence-electron chi connectivity index (χ2n) is 7.23. The van der Waals surface area contributed by atoms with Gasteiger partial charge in [0.15, 0.2) is 9.84 Å². The number of nitrogens with one attached hydrogen (secondary N) is 1. The summed E-state index contributed by atoms with van der Waals surface area (Å²) in [6.45, 7) is 4.06. The first-order valence-corrected chi connectivity index (χ1v) is 12.1. The van der Waals surface area contributed by atoms with E-state index in [1.165, 1.54) is 12.1 Å². The van der Waals surface area contributed by atoms with Crippen molar-refractivity contribution in [2.24, 2.45) is 0 Å². The van der Waals surface area contributed by atoms with Crippen molar-refractivity contribution in [1.82, 2.24) is 0 Å². The Labute approximate surface area is 188 Å². The fourth-order valence-corrected chi connectivity index (χ4v) is 4.16. The summed E-state index contributed by atoms with van der Waals surface area (Å²) in [6.07, 6.45) is 0.116. The van der Waals surface area contributed by atoms with Crippen molar-refractivity contribution in [3.8, 4) is 0 Å². The lowest BCUT2D eigenvalue weighted by molar-refractivity contribution is -0.115. The van der Waals surface area contributed by atoms with Crippen LogP contribution >= 0.6 is 0 Å². The zero-order valence-electron chi connectivity index (χ0n) is 18.1. The van der Waals surface area contributed by atoms with E-state index in [1.807, 2.05) is 37.3 Å². The highest BCUT2D eigenvalue weighted by molar-refractivity contribution is 7.91. The van der Waals surface area contributed by atoms with Crippen molar-refractivity contribution >= 4 is 33.0 Å². The second-order valence-corrected chi connectivity index (χ2v) is 9.51. The molecule has 0 heterocycles. The number of para-hydroxylation sites is 1. The summed E-state index contributed by atoms with van der Waals surface area (Å²) in [5.41, 5.74) is 2.65. The minimum atomic E-state index is -3.26. The van der Waals surface area contributed by atoms with E-state index < -0.39 is 9.84 Å². The maximum absolute atomic E-state index is 12.9. The molecular weight excluding hydrogens is 424 g/mol. The largest absolute Gasteiger partial charge is 0.326 e. The molecule has 0 aliphatic rings. The Morgan fingerprint density at radius 1 is 0.844 bits per heavy atom. The van der Waals surface area contributed by atoms with Gasteiger partial charge in [0, 0.05) is 23.5 Å². The second kappa shape index (κ2) is 10.2. The van der Waals surface area contributed by atoms with E-state index >= 15 is 0 Å². The van der Waals surface area contributed by atoms with E-state index in [-0.39, 0.29) is 28.9 Å². The fraction of sp³-hybridized carbons (Fsp3) is 0.200. The van der Waals surface area contributed by atoms with Crippen molar-refractivity contribution in [2.75, 3.05) is 22.5 Å². The Bertz CT molecular complexity index is 1170. The lowest BCUT2D eigenvalue weighted by Crippen LogP contribution is -2.30. The standard InChI is InChI=1S/C25H26N2O4S/c1-3-27(22-8-6-5-7-9-22)25(29)20-12-14-21(15-13-20)26-24(28)18-19-10-16-23(17-11-19)32(30,31)4-2/h5-17H,3-4,18H2,1-2H3,(H,26,28). The van der Waals surface area contributed by atoms with Gasteiger partial charge in [-0.15, -0.1) is 0 Å². The third kappa shape index (κ3) is 5.62. The Hall–Kier alpha value is -3.45. The van der Waals surface area contributed by atoms with Crippen molar-refractivity contribution in [3.63, 3.8) is 0 Å². The third-order valence-corrected chi connectivity index (χ3v) is 6.82. The number of amides is 2. The zero-order chi connectivity index (χ0) is 23.1. The van der Waals surface area contributed by atoms with Gasteiger partial charge in [-0.25, -0.2) is 8.42 Å². The van der Waals surface area contributed by atoms with Gasteiger partial charge in [0.25, 0.3) is 5.91 Å². The Kier molecular flexibility index (Phi) is 7.43. The number of hydrogen-bond acceptors (Lipinski definition) is 4. The SMILES string of the molecule is CCN(C(=O)c1ccc(NC(=O)Cc2ccc(S(=O)(=O)CC)cc2)cc1)c1ccccc1. The van der Waals surface area contributed by atoms with Crippen molar-refractivity contribution in [1.29, 1.82) is 0 Å². The van der Waals surface area contributed by atoms with Gasteiger partial charge in [-0.1, -0.05) is 37.3 Å². The number of anilines is 2. The summed E-state index contributed by atoms with van der Waals surface area (Å²) < 4.78 is 23.8. The molecule has 7 heteroatoms. The molecule has 0 atom stereocenters. The van der Waals surface area contributed by atoms with Crippen molar-refractivity contribution in [2.45, 2.75) is 25.2 Å². The van der Waals surface area contributed by atoms with Crippen LogP contribution < -0.4 is 10.2 Å². The van der Waals surface area contributed by atoms with Crippen LogP contribution in [0, 0.1) is 0 Å². The van der Waals surface area contributed by atoms with Gasteiger partial charge >= 0.3 is 0 Å². The summed E-state index contributed by atoms with van der Waals surface area (Å²) in [5, 5.41) is 2.81. The molecule has 32 heavy (non-hydrogen) atoms. The molecule has 1 N–H and O–H groups in total. The van der Waals surface area contributed by atoms with Gasteiger partial charge in [0.05, 0.1) is 17.1 Å².